The Balaban J connectivity index is 0.00000242. The number of carbonyl (C=O) groups excluding carboxylic acids is 1. The van der Waals surface area contributed by atoms with Gasteiger partial charge in [0.05, 0.1) is 24.0 Å². The summed E-state index contributed by atoms with van der Waals surface area (Å²) >= 11 is 0. The maximum Gasteiger partial charge on any atom is 0.338 e. The van der Waals surface area contributed by atoms with E-state index in [0.29, 0.717) is 22.7 Å². The first kappa shape index (κ1) is 20.9. The Morgan fingerprint density at radius 1 is 1.13 bits per heavy atom. The Labute approximate surface area is 147 Å². The summed E-state index contributed by atoms with van der Waals surface area (Å²) in [5.74, 6) is 0.223. The monoisotopic (exact) mass is 358 g/mol. The molecule has 2 aromatic rings. The molecule has 0 heterocycles. The van der Waals surface area contributed by atoms with Gasteiger partial charge in [0, 0.05) is 11.6 Å². The Morgan fingerprint density at radius 2 is 1.78 bits per heavy atom. The van der Waals surface area contributed by atoms with Gasteiger partial charge in [-0.2, -0.15) is 0 Å². The van der Waals surface area contributed by atoms with E-state index in [1.807, 2.05) is 25.1 Å². The molecule has 0 atom stereocenters. The van der Waals surface area contributed by atoms with Gasteiger partial charge >= 0.3 is 5.97 Å². The van der Waals surface area contributed by atoms with Crippen LogP contribution in [0.1, 0.15) is 21.5 Å². The van der Waals surface area contributed by atoms with E-state index in [2.05, 4.69) is 0 Å². The number of methoxy groups -OCH3 is 1. The molecule has 0 fully saturated rings. The highest BCUT2D eigenvalue weighted by molar-refractivity contribution is 5.90. The second kappa shape index (κ2) is 9.12. The van der Waals surface area contributed by atoms with E-state index in [4.69, 9.17) is 20.9 Å². The van der Waals surface area contributed by atoms with Crippen molar-refractivity contribution in [2.75, 3.05) is 18.6 Å². The van der Waals surface area contributed by atoms with Crippen molar-refractivity contribution in [1.29, 1.82) is 0 Å². The third-order valence-corrected chi connectivity index (χ3v) is 3.21. The maximum absolute atomic E-state index is 11.7. The average Bonchev–Trinajstić information content (AvgIpc) is 2.50. The second-order valence-corrected chi connectivity index (χ2v) is 4.68. The number of hydrogen-bond donors (Lipinski definition) is 2. The highest BCUT2D eigenvalue weighted by Gasteiger charge is 2.11. The van der Waals surface area contributed by atoms with E-state index >= 15 is 0 Å². The molecular weight excluding hydrogens is 339 g/mol. The summed E-state index contributed by atoms with van der Waals surface area (Å²) in [6.45, 7) is 2.11. The lowest BCUT2D eigenvalue weighted by Crippen LogP contribution is -2.08. The van der Waals surface area contributed by atoms with Gasteiger partial charge in [0.2, 0.25) is 0 Å². The third-order valence-electron chi connectivity index (χ3n) is 3.21. The minimum absolute atomic E-state index is 0. The molecule has 7 heteroatoms. The normalized spacial score (nSPS) is 9.30. The van der Waals surface area contributed by atoms with Crippen LogP contribution in [0.15, 0.2) is 36.4 Å². The van der Waals surface area contributed by atoms with Crippen LogP contribution in [0.25, 0.3) is 0 Å². The number of aryl methyl sites for hydroxylation is 1. The average molecular weight is 359 g/mol. The van der Waals surface area contributed by atoms with Crippen LogP contribution < -0.4 is 16.2 Å². The zero-order chi connectivity index (χ0) is 15.4. The third kappa shape index (κ3) is 4.94. The van der Waals surface area contributed by atoms with Gasteiger partial charge in [-0.05, 0) is 24.6 Å². The molecule has 0 aliphatic carbocycles. The first-order chi connectivity index (χ1) is 10.0. The molecule has 0 saturated heterocycles. The number of nitrogens with two attached hydrogens (primary N) is 2. The number of rotatable bonds is 4. The Bertz CT molecular complexity index is 655. The molecule has 2 rings (SSSR count). The predicted molar refractivity (Wildman–Crippen MR) is 96.6 cm³/mol. The Kier molecular flexibility index (Phi) is 8.29. The molecule has 0 aromatic heterocycles. The Hall–Kier alpha value is -2.11. The smallest absolute Gasteiger partial charge is 0.338 e. The number of halogens is 2. The summed E-state index contributed by atoms with van der Waals surface area (Å²) in [4.78, 5) is 11.7. The molecule has 2 aromatic carbocycles. The van der Waals surface area contributed by atoms with E-state index in [9.17, 15) is 4.79 Å². The number of carbonyl (C=O) groups is 1. The molecule has 0 aliphatic rings. The van der Waals surface area contributed by atoms with Crippen LogP contribution in [0, 0.1) is 6.92 Å². The van der Waals surface area contributed by atoms with Crippen molar-refractivity contribution in [3.05, 3.63) is 53.1 Å². The lowest BCUT2D eigenvalue weighted by molar-refractivity contribution is 0.0597. The topological polar surface area (TPSA) is 87.6 Å². The minimum Gasteiger partial charge on any atom is -0.489 e. The lowest BCUT2D eigenvalue weighted by Gasteiger charge is -2.12. The summed E-state index contributed by atoms with van der Waals surface area (Å²) in [7, 11) is 1.35. The molecule has 5 nitrogen and oxygen atoms in total. The van der Waals surface area contributed by atoms with Gasteiger partial charge in [-0.3, -0.25) is 0 Å². The summed E-state index contributed by atoms with van der Waals surface area (Å²) in [5, 5.41) is 0. The second-order valence-electron chi connectivity index (χ2n) is 4.68. The molecule has 126 valence electrons. The fourth-order valence-corrected chi connectivity index (χ4v) is 1.99. The van der Waals surface area contributed by atoms with Crippen molar-refractivity contribution in [2.45, 2.75) is 13.5 Å². The van der Waals surface area contributed by atoms with E-state index in [1.165, 1.54) is 7.11 Å². The van der Waals surface area contributed by atoms with E-state index in [0.717, 1.165) is 11.1 Å². The van der Waals surface area contributed by atoms with Crippen molar-refractivity contribution in [3.8, 4) is 5.75 Å². The number of benzene rings is 2. The number of esters is 1. The fourth-order valence-electron chi connectivity index (χ4n) is 1.99. The van der Waals surface area contributed by atoms with Crippen LogP contribution in [-0.2, 0) is 11.3 Å². The highest BCUT2D eigenvalue weighted by Crippen LogP contribution is 2.27. The van der Waals surface area contributed by atoms with Crippen molar-refractivity contribution in [1.82, 2.24) is 0 Å². The van der Waals surface area contributed by atoms with Crippen LogP contribution in [-0.4, -0.2) is 13.1 Å². The summed E-state index contributed by atoms with van der Waals surface area (Å²) in [6, 6.07) is 10.6. The van der Waals surface area contributed by atoms with Crippen molar-refractivity contribution >= 4 is 42.2 Å². The first-order valence-corrected chi connectivity index (χ1v) is 6.47. The molecule has 0 bridgehead atoms. The molecule has 0 amide bonds. The van der Waals surface area contributed by atoms with Crippen LogP contribution in [0.4, 0.5) is 11.4 Å². The fraction of sp³-hybridized carbons (Fsp3) is 0.188. The number of nitrogen functional groups attached to an aromatic ring is 2. The largest absolute Gasteiger partial charge is 0.489 e. The lowest BCUT2D eigenvalue weighted by atomic mass is 10.1. The first-order valence-electron chi connectivity index (χ1n) is 6.47. The van der Waals surface area contributed by atoms with E-state index < -0.39 is 0 Å². The highest BCUT2D eigenvalue weighted by atomic mass is 35.5. The maximum atomic E-state index is 11.7. The zero-order valence-electron chi connectivity index (χ0n) is 12.9. The van der Waals surface area contributed by atoms with Gasteiger partial charge in [-0.25, -0.2) is 4.79 Å². The number of ether oxygens (including phenoxy) is 2. The molecule has 0 radical (unpaired) electrons. The molecular formula is C16H20Cl2N2O3. The van der Waals surface area contributed by atoms with Crippen LogP contribution in [0.3, 0.4) is 0 Å². The van der Waals surface area contributed by atoms with Crippen molar-refractivity contribution < 1.29 is 14.3 Å². The van der Waals surface area contributed by atoms with E-state index in [-0.39, 0.29) is 37.4 Å². The SMILES string of the molecule is COC(=O)c1ccccc1COc1cc(C)c(N)c(N)c1.Cl.Cl. The van der Waals surface area contributed by atoms with Gasteiger partial charge in [-0.15, -0.1) is 24.8 Å². The quantitative estimate of drug-likeness (QED) is 0.646. The summed E-state index contributed by atoms with van der Waals surface area (Å²) < 4.78 is 10.5. The molecule has 23 heavy (non-hydrogen) atoms. The predicted octanol–water partition coefficient (Wildman–Crippen LogP) is 3.37. The molecule has 0 aliphatic heterocycles. The van der Waals surface area contributed by atoms with Crippen molar-refractivity contribution in [3.63, 3.8) is 0 Å². The molecule has 0 saturated carbocycles. The van der Waals surface area contributed by atoms with Gasteiger partial charge in [0.25, 0.3) is 0 Å². The van der Waals surface area contributed by atoms with Crippen LogP contribution in [0.5, 0.6) is 5.75 Å². The van der Waals surface area contributed by atoms with Gasteiger partial charge in [0.1, 0.15) is 12.4 Å². The van der Waals surface area contributed by atoms with Gasteiger partial charge in [0.15, 0.2) is 0 Å². The molecule has 0 spiro atoms. The van der Waals surface area contributed by atoms with Crippen molar-refractivity contribution in [2.24, 2.45) is 0 Å². The van der Waals surface area contributed by atoms with E-state index in [1.54, 1.807) is 18.2 Å². The summed E-state index contributed by atoms with van der Waals surface area (Å²) in [5.41, 5.74) is 14.7. The zero-order valence-corrected chi connectivity index (χ0v) is 14.5. The van der Waals surface area contributed by atoms with Crippen LogP contribution in [0.2, 0.25) is 0 Å². The summed E-state index contributed by atoms with van der Waals surface area (Å²) in [6.07, 6.45) is 0. The van der Waals surface area contributed by atoms with Gasteiger partial charge < -0.3 is 20.9 Å². The van der Waals surface area contributed by atoms with Crippen LogP contribution >= 0.6 is 24.8 Å². The molecule has 0 unspecified atom stereocenters. The standard InChI is InChI=1S/C16H18N2O3.2ClH/c1-10-7-12(8-14(17)15(10)18)21-9-11-5-3-4-6-13(11)16(19)20-2;;/h3-8H,9,17-18H2,1-2H3;2*1H. The minimum atomic E-state index is -0.387. The molecule has 4 N–H and O–H groups in total. The number of hydrogen-bond acceptors (Lipinski definition) is 5. The van der Waals surface area contributed by atoms with Gasteiger partial charge in [-0.1, -0.05) is 18.2 Å². The number of anilines is 2. The Morgan fingerprint density at radius 3 is 2.39 bits per heavy atom.